The van der Waals surface area contributed by atoms with Crippen molar-refractivity contribution in [1.29, 1.82) is 0 Å². The van der Waals surface area contributed by atoms with Crippen LogP contribution in [-0.2, 0) is 4.79 Å². The van der Waals surface area contributed by atoms with Crippen LogP contribution in [-0.4, -0.2) is 23.9 Å². The van der Waals surface area contributed by atoms with Crippen LogP contribution in [0.15, 0.2) is 24.3 Å². The lowest BCUT2D eigenvalue weighted by molar-refractivity contribution is -0.141. The van der Waals surface area contributed by atoms with Crippen LogP contribution >= 0.6 is 11.6 Å². The number of hydrogen-bond acceptors (Lipinski definition) is 2. The van der Waals surface area contributed by atoms with Crippen LogP contribution in [0.3, 0.4) is 0 Å². The molecular formula is C16H23ClN2O. The third-order valence-electron chi connectivity index (χ3n) is 4.45. The number of halogens is 1. The van der Waals surface area contributed by atoms with Crippen LogP contribution in [0.5, 0.6) is 0 Å². The molecule has 0 bridgehead atoms. The molecule has 1 aliphatic rings. The van der Waals surface area contributed by atoms with Gasteiger partial charge in [0.1, 0.15) is 0 Å². The first-order chi connectivity index (χ1) is 9.60. The first-order valence-corrected chi connectivity index (χ1v) is 7.76. The predicted octanol–water partition coefficient (Wildman–Crippen LogP) is 3.23. The largest absolute Gasteiger partial charge is 0.343 e. The van der Waals surface area contributed by atoms with Gasteiger partial charge in [0.25, 0.3) is 0 Å². The van der Waals surface area contributed by atoms with Crippen LogP contribution in [0.4, 0.5) is 0 Å². The van der Waals surface area contributed by atoms with Crippen molar-refractivity contribution >= 4 is 17.5 Å². The fourth-order valence-electron chi connectivity index (χ4n) is 3.01. The summed E-state index contributed by atoms with van der Waals surface area (Å²) in [5.74, 6) is 0.512. The average Bonchev–Trinajstić information content (AvgIpc) is 2.39. The topological polar surface area (TPSA) is 46.3 Å². The molecule has 3 atom stereocenters. The van der Waals surface area contributed by atoms with Gasteiger partial charge in [-0.15, -0.1) is 0 Å². The molecule has 1 aromatic carbocycles. The Kier molecular flexibility index (Phi) is 5.06. The predicted molar refractivity (Wildman–Crippen MR) is 82.5 cm³/mol. The van der Waals surface area contributed by atoms with E-state index >= 15 is 0 Å². The lowest BCUT2D eigenvalue weighted by Gasteiger charge is -2.41. The van der Waals surface area contributed by atoms with Crippen molar-refractivity contribution in [2.45, 2.75) is 32.7 Å². The number of hydrogen-bond donors (Lipinski definition) is 1. The van der Waals surface area contributed by atoms with Crippen molar-refractivity contribution in [2.75, 3.05) is 13.1 Å². The van der Waals surface area contributed by atoms with Gasteiger partial charge in [0.15, 0.2) is 0 Å². The summed E-state index contributed by atoms with van der Waals surface area (Å²) in [6, 6.07) is 7.52. The molecule has 0 aliphatic heterocycles. The Morgan fingerprint density at radius 2 is 2.00 bits per heavy atom. The molecule has 1 fully saturated rings. The molecule has 2 N–H and O–H groups in total. The minimum absolute atomic E-state index is 0.0566. The van der Waals surface area contributed by atoms with Crippen LogP contribution in [0.2, 0.25) is 5.02 Å². The molecule has 1 saturated carbocycles. The number of rotatable bonds is 5. The number of carbonyl (C=O) groups excluding carboxylic acids is 1. The van der Waals surface area contributed by atoms with Crippen molar-refractivity contribution in [3.63, 3.8) is 0 Å². The van der Waals surface area contributed by atoms with E-state index in [2.05, 4.69) is 0 Å². The number of nitrogens with two attached hydrogens (primary N) is 1. The highest BCUT2D eigenvalue weighted by molar-refractivity contribution is 6.31. The van der Waals surface area contributed by atoms with Gasteiger partial charge in [0.2, 0.25) is 5.91 Å². The lowest BCUT2D eigenvalue weighted by Crippen LogP contribution is -2.46. The lowest BCUT2D eigenvalue weighted by atomic mass is 9.67. The summed E-state index contributed by atoms with van der Waals surface area (Å²) < 4.78 is 0. The molecule has 20 heavy (non-hydrogen) atoms. The van der Waals surface area contributed by atoms with Crippen LogP contribution in [0, 0.1) is 11.8 Å². The van der Waals surface area contributed by atoms with Gasteiger partial charge >= 0.3 is 0 Å². The molecule has 0 aromatic heterocycles. The van der Waals surface area contributed by atoms with E-state index in [9.17, 15) is 4.79 Å². The highest BCUT2D eigenvalue weighted by atomic mass is 35.5. The van der Waals surface area contributed by atoms with Crippen molar-refractivity contribution in [1.82, 2.24) is 4.90 Å². The maximum atomic E-state index is 12.5. The Morgan fingerprint density at radius 1 is 1.35 bits per heavy atom. The van der Waals surface area contributed by atoms with Gasteiger partial charge in [0, 0.05) is 30.1 Å². The fourth-order valence-corrected chi connectivity index (χ4v) is 3.27. The molecular weight excluding hydrogens is 272 g/mol. The van der Waals surface area contributed by atoms with Crippen molar-refractivity contribution in [2.24, 2.45) is 17.6 Å². The second kappa shape index (κ2) is 6.59. The van der Waals surface area contributed by atoms with E-state index in [0.29, 0.717) is 5.02 Å². The van der Waals surface area contributed by atoms with E-state index in [4.69, 9.17) is 17.3 Å². The van der Waals surface area contributed by atoms with E-state index in [1.165, 1.54) is 0 Å². The standard InChI is InChI=1S/C16H23ClN2O/c1-3-19(4-2)16(20)12-10-9-11(12)15(18)13-7-5-6-8-14(13)17/h5-8,11-12,15H,3-4,9-10,18H2,1-2H3/t11-,12+,15?/m0/s1. The third kappa shape index (κ3) is 2.84. The van der Waals surface area contributed by atoms with E-state index < -0.39 is 0 Å². The smallest absolute Gasteiger partial charge is 0.226 e. The van der Waals surface area contributed by atoms with Crippen LogP contribution in [0.25, 0.3) is 0 Å². The SMILES string of the molecule is CCN(CC)C(=O)[C@@H]1CC[C@@H]1C(N)c1ccccc1Cl. The normalized spacial score (nSPS) is 23.0. The Labute approximate surface area is 126 Å². The second-order valence-corrected chi connectivity index (χ2v) is 5.81. The van der Waals surface area contributed by atoms with E-state index in [1.807, 2.05) is 43.0 Å². The van der Waals surface area contributed by atoms with Gasteiger partial charge < -0.3 is 10.6 Å². The molecule has 3 nitrogen and oxygen atoms in total. The van der Waals surface area contributed by atoms with Gasteiger partial charge in [-0.2, -0.15) is 0 Å². The summed E-state index contributed by atoms with van der Waals surface area (Å²) in [6.07, 6.45) is 1.95. The molecule has 1 aromatic rings. The number of amides is 1. The van der Waals surface area contributed by atoms with Gasteiger partial charge in [-0.05, 0) is 44.2 Å². The fraction of sp³-hybridized carbons (Fsp3) is 0.562. The molecule has 4 heteroatoms. The highest BCUT2D eigenvalue weighted by Crippen LogP contribution is 2.44. The Hall–Kier alpha value is -1.06. The zero-order valence-electron chi connectivity index (χ0n) is 12.2. The molecule has 1 amide bonds. The Bertz CT molecular complexity index is 473. The first-order valence-electron chi connectivity index (χ1n) is 7.38. The quantitative estimate of drug-likeness (QED) is 0.906. The number of nitrogens with zero attached hydrogens (tertiary/aromatic N) is 1. The molecule has 110 valence electrons. The monoisotopic (exact) mass is 294 g/mol. The first kappa shape index (κ1) is 15.3. The van der Waals surface area contributed by atoms with Crippen LogP contribution in [0.1, 0.15) is 38.3 Å². The van der Waals surface area contributed by atoms with Crippen LogP contribution < -0.4 is 5.73 Å². The van der Waals surface area contributed by atoms with Crippen molar-refractivity contribution in [3.8, 4) is 0 Å². The minimum atomic E-state index is -0.151. The van der Waals surface area contributed by atoms with E-state index in [0.717, 1.165) is 31.5 Å². The maximum Gasteiger partial charge on any atom is 0.226 e. The minimum Gasteiger partial charge on any atom is -0.343 e. The second-order valence-electron chi connectivity index (χ2n) is 5.41. The summed E-state index contributed by atoms with van der Waals surface area (Å²) >= 11 is 6.21. The number of benzene rings is 1. The Balaban J connectivity index is 2.10. The van der Waals surface area contributed by atoms with E-state index in [1.54, 1.807) is 0 Å². The average molecular weight is 295 g/mol. The zero-order chi connectivity index (χ0) is 14.7. The molecule has 0 heterocycles. The summed E-state index contributed by atoms with van der Waals surface area (Å²) in [5.41, 5.74) is 7.31. The summed E-state index contributed by atoms with van der Waals surface area (Å²) in [6.45, 7) is 5.56. The summed E-state index contributed by atoms with van der Waals surface area (Å²) in [4.78, 5) is 14.4. The molecule has 0 radical (unpaired) electrons. The summed E-state index contributed by atoms with van der Waals surface area (Å²) in [5, 5.41) is 0.695. The van der Waals surface area contributed by atoms with Gasteiger partial charge in [0.05, 0.1) is 0 Å². The van der Waals surface area contributed by atoms with Crippen molar-refractivity contribution < 1.29 is 4.79 Å². The van der Waals surface area contributed by atoms with Gasteiger partial charge in [-0.1, -0.05) is 29.8 Å². The highest BCUT2D eigenvalue weighted by Gasteiger charge is 2.42. The Morgan fingerprint density at radius 3 is 2.50 bits per heavy atom. The molecule has 1 aliphatic carbocycles. The third-order valence-corrected chi connectivity index (χ3v) is 4.79. The molecule has 1 unspecified atom stereocenters. The zero-order valence-corrected chi connectivity index (χ0v) is 12.9. The molecule has 0 spiro atoms. The molecule has 2 rings (SSSR count). The summed E-state index contributed by atoms with van der Waals surface area (Å²) in [7, 11) is 0. The van der Waals surface area contributed by atoms with Gasteiger partial charge in [-0.25, -0.2) is 0 Å². The maximum absolute atomic E-state index is 12.5. The van der Waals surface area contributed by atoms with Gasteiger partial charge in [-0.3, -0.25) is 4.79 Å². The number of carbonyl (C=O) groups is 1. The van der Waals surface area contributed by atoms with Crippen molar-refractivity contribution in [3.05, 3.63) is 34.9 Å². The molecule has 0 saturated heterocycles. The van der Waals surface area contributed by atoms with E-state index in [-0.39, 0.29) is 23.8 Å².